The van der Waals surface area contributed by atoms with Crippen molar-refractivity contribution in [2.45, 2.75) is 72.4 Å². The average molecular weight is 348 g/mol. The quantitative estimate of drug-likeness (QED) is 0.195. The second-order valence-electron chi connectivity index (χ2n) is 5.18. The molecular formula is C17H32O7. The third-order valence-corrected chi connectivity index (χ3v) is 2.91. The molecule has 0 bridgehead atoms. The molecule has 0 aliphatic heterocycles. The molecule has 2 atom stereocenters. The van der Waals surface area contributed by atoms with Crippen LogP contribution in [-0.4, -0.2) is 50.9 Å². The Bertz CT molecular complexity index is 333. The summed E-state index contributed by atoms with van der Waals surface area (Å²) in [5, 5.41) is 0. The molecule has 0 aromatic heterocycles. The highest BCUT2D eigenvalue weighted by molar-refractivity contribution is 5.88. The molecule has 0 heterocycles. The Hall–Kier alpha value is -1.02. The normalized spacial score (nSPS) is 13.5. The van der Waals surface area contributed by atoms with Crippen LogP contribution in [0.15, 0.2) is 0 Å². The van der Waals surface area contributed by atoms with Gasteiger partial charge in [-0.05, 0) is 26.2 Å². The van der Waals surface area contributed by atoms with Crippen molar-refractivity contribution in [2.24, 2.45) is 0 Å². The second kappa shape index (κ2) is 15.5. The number of hydrogen-bond acceptors (Lipinski definition) is 7. The van der Waals surface area contributed by atoms with E-state index in [2.05, 4.69) is 0 Å². The van der Waals surface area contributed by atoms with E-state index < -0.39 is 24.5 Å². The summed E-state index contributed by atoms with van der Waals surface area (Å²) in [6, 6.07) is 0. The van der Waals surface area contributed by atoms with Gasteiger partial charge in [0, 0.05) is 6.61 Å². The first-order valence-corrected chi connectivity index (χ1v) is 8.82. The van der Waals surface area contributed by atoms with Gasteiger partial charge < -0.3 is 23.7 Å². The summed E-state index contributed by atoms with van der Waals surface area (Å²) in [7, 11) is 0. The van der Waals surface area contributed by atoms with Crippen LogP contribution < -0.4 is 0 Å². The highest BCUT2D eigenvalue weighted by Gasteiger charge is 2.29. The van der Waals surface area contributed by atoms with Crippen molar-refractivity contribution in [2.75, 3.05) is 26.4 Å². The molecule has 24 heavy (non-hydrogen) atoms. The van der Waals surface area contributed by atoms with E-state index in [4.69, 9.17) is 23.7 Å². The molecule has 0 rings (SSSR count). The Morgan fingerprint density at radius 2 is 1.12 bits per heavy atom. The van der Waals surface area contributed by atoms with Crippen molar-refractivity contribution in [3.8, 4) is 0 Å². The van der Waals surface area contributed by atoms with E-state index in [-0.39, 0.29) is 6.61 Å². The Kier molecular flexibility index (Phi) is 14.8. The predicted molar refractivity (Wildman–Crippen MR) is 88.3 cm³/mol. The summed E-state index contributed by atoms with van der Waals surface area (Å²) < 4.78 is 26.0. The fourth-order valence-electron chi connectivity index (χ4n) is 1.61. The van der Waals surface area contributed by atoms with Gasteiger partial charge in [0.05, 0.1) is 19.8 Å². The highest BCUT2D eigenvalue weighted by atomic mass is 16.7. The number of esters is 2. The molecule has 7 nitrogen and oxygen atoms in total. The number of carbonyl (C=O) groups excluding carboxylic acids is 2. The average Bonchev–Trinajstić information content (AvgIpc) is 2.57. The first-order valence-electron chi connectivity index (χ1n) is 8.82. The lowest BCUT2D eigenvalue weighted by Gasteiger charge is -2.19. The van der Waals surface area contributed by atoms with Crippen LogP contribution in [0, 0.1) is 0 Å². The molecule has 7 heteroatoms. The van der Waals surface area contributed by atoms with Gasteiger partial charge in [0.15, 0.2) is 0 Å². The van der Waals surface area contributed by atoms with Gasteiger partial charge in [0.1, 0.15) is 0 Å². The fourth-order valence-corrected chi connectivity index (χ4v) is 1.61. The van der Waals surface area contributed by atoms with Gasteiger partial charge in [-0.3, -0.25) is 0 Å². The van der Waals surface area contributed by atoms with Crippen molar-refractivity contribution in [3.05, 3.63) is 0 Å². The minimum atomic E-state index is -1.21. The Labute approximate surface area is 144 Å². The topological polar surface area (TPSA) is 80.3 Å². The molecule has 0 N–H and O–H groups in total. The fraction of sp³-hybridized carbons (Fsp3) is 0.882. The highest BCUT2D eigenvalue weighted by Crippen LogP contribution is 2.06. The van der Waals surface area contributed by atoms with Crippen molar-refractivity contribution in [1.29, 1.82) is 0 Å². The minimum absolute atomic E-state index is 0.267. The lowest BCUT2D eigenvalue weighted by molar-refractivity contribution is -0.214. The van der Waals surface area contributed by atoms with E-state index in [1.807, 2.05) is 20.8 Å². The molecule has 0 radical (unpaired) electrons. The van der Waals surface area contributed by atoms with Gasteiger partial charge in [-0.1, -0.05) is 33.6 Å². The standard InChI is InChI=1S/C17H32O7/c1-5-9-12-22-16(20-8-4)14(18)24-15(19)17(21-11-7-3)23-13-10-6-2/h16-17H,5-13H2,1-4H3. The predicted octanol–water partition coefficient (Wildman–Crippen LogP) is 2.80. The van der Waals surface area contributed by atoms with Crippen molar-refractivity contribution in [1.82, 2.24) is 0 Å². The Balaban J connectivity index is 4.55. The zero-order valence-electron chi connectivity index (χ0n) is 15.4. The first kappa shape index (κ1) is 23.0. The van der Waals surface area contributed by atoms with Crippen LogP contribution in [0.25, 0.3) is 0 Å². The lowest BCUT2D eigenvalue weighted by Crippen LogP contribution is -2.37. The van der Waals surface area contributed by atoms with Crippen LogP contribution in [0.5, 0.6) is 0 Å². The van der Waals surface area contributed by atoms with Crippen LogP contribution in [0.4, 0.5) is 0 Å². The summed E-state index contributed by atoms with van der Waals surface area (Å²) in [6.07, 6.45) is 1.71. The molecule has 0 spiro atoms. The van der Waals surface area contributed by atoms with Crippen molar-refractivity contribution < 1.29 is 33.3 Å². The zero-order valence-corrected chi connectivity index (χ0v) is 15.4. The van der Waals surface area contributed by atoms with E-state index in [9.17, 15) is 9.59 Å². The molecule has 0 aliphatic carbocycles. The van der Waals surface area contributed by atoms with Crippen LogP contribution in [-0.2, 0) is 33.3 Å². The van der Waals surface area contributed by atoms with E-state index in [1.165, 1.54) is 0 Å². The monoisotopic (exact) mass is 348 g/mol. The van der Waals surface area contributed by atoms with Crippen molar-refractivity contribution >= 4 is 11.9 Å². The summed E-state index contributed by atoms with van der Waals surface area (Å²) in [4.78, 5) is 24.1. The molecule has 0 fully saturated rings. The number of ether oxygens (including phenoxy) is 5. The summed E-state index contributed by atoms with van der Waals surface area (Å²) in [5.74, 6) is -1.77. The second-order valence-corrected chi connectivity index (χ2v) is 5.18. The van der Waals surface area contributed by atoms with E-state index >= 15 is 0 Å². The molecule has 0 aliphatic rings. The molecule has 0 aromatic carbocycles. The third-order valence-electron chi connectivity index (χ3n) is 2.91. The van der Waals surface area contributed by atoms with Crippen LogP contribution in [0.2, 0.25) is 0 Å². The number of hydrogen-bond donors (Lipinski definition) is 0. The maximum absolute atomic E-state index is 12.1. The third kappa shape index (κ3) is 10.7. The minimum Gasteiger partial charge on any atom is -0.386 e. The number of carbonyl (C=O) groups is 2. The molecule has 0 saturated carbocycles. The lowest BCUT2D eigenvalue weighted by atomic mass is 10.4. The smallest absolute Gasteiger partial charge is 0.371 e. The summed E-state index contributed by atoms with van der Waals surface area (Å²) in [6.45, 7) is 8.96. The molecule has 0 aromatic rings. The van der Waals surface area contributed by atoms with Gasteiger partial charge in [0.25, 0.3) is 12.6 Å². The maximum Gasteiger partial charge on any atom is 0.371 e. The summed E-state index contributed by atoms with van der Waals surface area (Å²) in [5.41, 5.74) is 0. The van der Waals surface area contributed by atoms with E-state index in [0.717, 1.165) is 32.1 Å². The summed E-state index contributed by atoms with van der Waals surface area (Å²) >= 11 is 0. The van der Waals surface area contributed by atoms with Crippen LogP contribution >= 0.6 is 0 Å². The zero-order chi connectivity index (χ0) is 18.2. The molecule has 0 amide bonds. The molecule has 142 valence electrons. The van der Waals surface area contributed by atoms with Gasteiger partial charge in [-0.2, -0.15) is 0 Å². The Morgan fingerprint density at radius 1 is 0.667 bits per heavy atom. The maximum atomic E-state index is 12.1. The Morgan fingerprint density at radius 3 is 1.54 bits per heavy atom. The molecule has 0 saturated heterocycles. The molecular weight excluding hydrogens is 316 g/mol. The number of unbranched alkanes of at least 4 members (excludes halogenated alkanes) is 2. The van der Waals surface area contributed by atoms with Crippen LogP contribution in [0.1, 0.15) is 59.8 Å². The van der Waals surface area contributed by atoms with Crippen LogP contribution in [0.3, 0.4) is 0 Å². The van der Waals surface area contributed by atoms with Gasteiger partial charge in [-0.15, -0.1) is 0 Å². The number of rotatable bonds is 15. The molecule has 2 unspecified atom stereocenters. The van der Waals surface area contributed by atoms with Gasteiger partial charge in [0.2, 0.25) is 0 Å². The van der Waals surface area contributed by atoms with E-state index in [0.29, 0.717) is 19.8 Å². The van der Waals surface area contributed by atoms with E-state index in [1.54, 1.807) is 6.92 Å². The van der Waals surface area contributed by atoms with Gasteiger partial charge >= 0.3 is 11.9 Å². The first-order chi connectivity index (χ1) is 11.6. The van der Waals surface area contributed by atoms with Gasteiger partial charge in [-0.25, -0.2) is 9.59 Å². The largest absolute Gasteiger partial charge is 0.386 e. The SMILES string of the molecule is CCCCOC(OCC)C(=O)OC(=O)C(OCCC)OCCCC. The van der Waals surface area contributed by atoms with Crippen molar-refractivity contribution in [3.63, 3.8) is 0 Å².